The first-order valence-corrected chi connectivity index (χ1v) is 14.9. The van der Waals surface area contributed by atoms with Gasteiger partial charge in [0, 0.05) is 23.5 Å². The smallest absolute Gasteiger partial charge is 0.261 e. The molecule has 1 heterocycles. The maximum Gasteiger partial charge on any atom is 0.261 e. The van der Waals surface area contributed by atoms with Crippen LogP contribution < -0.4 is 10.0 Å². The van der Waals surface area contributed by atoms with Crippen LogP contribution >= 0.6 is 11.8 Å². The van der Waals surface area contributed by atoms with Crippen molar-refractivity contribution < 1.29 is 18.0 Å². The lowest BCUT2D eigenvalue weighted by atomic mass is 10.1. The molecule has 198 valence electrons. The third kappa shape index (κ3) is 6.32. The summed E-state index contributed by atoms with van der Waals surface area (Å²) in [7, 11) is -3.76. The second-order valence-electron chi connectivity index (χ2n) is 9.25. The van der Waals surface area contributed by atoms with Gasteiger partial charge in [0.2, 0.25) is 5.91 Å². The highest BCUT2D eigenvalue weighted by atomic mass is 32.2. The molecule has 5 rings (SSSR count). The summed E-state index contributed by atoms with van der Waals surface area (Å²) in [6.07, 6.45) is 0. The summed E-state index contributed by atoms with van der Waals surface area (Å²) in [5, 5.41) is 2.69. The molecular weight excluding hydrogens is 530 g/mol. The zero-order valence-corrected chi connectivity index (χ0v) is 22.8. The Bertz CT molecular complexity index is 1590. The number of rotatable bonds is 8. The van der Waals surface area contributed by atoms with Gasteiger partial charge in [-0.25, -0.2) is 8.42 Å². The number of amides is 2. The van der Waals surface area contributed by atoms with Crippen LogP contribution in [-0.2, 0) is 21.4 Å². The minimum atomic E-state index is -3.76. The van der Waals surface area contributed by atoms with E-state index in [1.54, 1.807) is 54.2 Å². The average Bonchev–Trinajstić information content (AvgIpc) is 3.29. The molecule has 0 aromatic heterocycles. The van der Waals surface area contributed by atoms with Crippen LogP contribution in [0, 0.1) is 6.92 Å². The van der Waals surface area contributed by atoms with Gasteiger partial charge < -0.3 is 10.2 Å². The van der Waals surface area contributed by atoms with E-state index in [0.29, 0.717) is 29.2 Å². The first kappa shape index (κ1) is 26.5. The Morgan fingerprint density at radius 3 is 2.31 bits per heavy atom. The molecule has 0 unspecified atom stereocenters. The first-order valence-electron chi connectivity index (χ1n) is 12.3. The van der Waals surface area contributed by atoms with Crippen molar-refractivity contribution in [2.75, 3.05) is 15.8 Å². The molecule has 4 aromatic rings. The quantitative estimate of drug-likeness (QED) is 0.285. The number of benzene rings is 4. The summed E-state index contributed by atoms with van der Waals surface area (Å²) in [5.74, 6) is 0.202. The van der Waals surface area contributed by atoms with E-state index in [1.807, 2.05) is 60.4 Å². The summed E-state index contributed by atoms with van der Waals surface area (Å²) in [6.45, 7) is 2.42. The molecule has 1 saturated heterocycles. The zero-order chi connectivity index (χ0) is 27.4. The van der Waals surface area contributed by atoms with Crippen molar-refractivity contribution in [1.29, 1.82) is 0 Å². The highest BCUT2D eigenvalue weighted by molar-refractivity contribution is 8.00. The van der Waals surface area contributed by atoms with E-state index in [2.05, 4.69) is 10.0 Å². The van der Waals surface area contributed by atoms with E-state index >= 15 is 0 Å². The van der Waals surface area contributed by atoms with Crippen molar-refractivity contribution in [2.45, 2.75) is 23.7 Å². The fraction of sp³-hybridized carbons (Fsp3) is 0.133. The van der Waals surface area contributed by atoms with E-state index in [0.717, 1.165) is 16.7 Å². The lowest BCUT2D eigenvalue weighted by Gasteiger charge is -2.24. The molecule has 1 aliphatic rings. The van der Waals surface area contributed by atoms with Crippen LogP contribution in [0.15, 0.2) is 108 Å². The molecule has 39 heavy (non-hydrogen) atoms. The molecule has 1 atom stereocenters. The van der Waals surface area contributed by atoms with Gasteiger partial charge in [0.1, 0.15) is 5.37 Å². The number of nitrogens with one attached hydrogen (secondary N) is 2. The van der Waals surface area contributed by atoms with Crippen LogP contribution in [0.2, 0.25) is 0 Å². The number of hydrogen-bond donors (Lipinski definition) is 2. The van der Waals surface area contributed by atoms with Crippen LogP contribution in [0.1, 0.15) is 32.4 Å². The van der Waals surface area contributed by atoms with E-state index in [1.165, 1.54) is 12.1 Å². The van der Waals surface area contributed by atoms with Gasteiger partial charge in [-0.2, -0.15) is 0 Å². The van der Waals surface area contributed by atoms with E-state index in [4.69, 9.17) is 0 Å². The number of nitrogens with zero attached hydrogens (tertiary/aromatic N) is 1. The van der Waals surface area contributed by atoms with Crippen molar-refractivity contribution in [2.24, 2.45) is 0 Å². The normalized spacial score (nSPS) is 15.3. The van der Waals surface area contributed by atoms with Crippen LogP contribution in [-0.4, -0.2) is 30.9 Å². The fourth-order valence-corrected chi connectivity index (χ4v) is 6.56. The molecule has 7 nitrogen and oxygen atoms in total. The van der Waals surface area contributed by atoms with Crippen molar-refractivity contribution in [3.63, 3.8) is 0 Å². The predicted molar refractivity (Wildman–Crippen MR) is 155 cm³/mol. The number of carbonyl (C=O) groups excluding carboxylic acids is 2. The Balaban J connectivity index is 1.23. The molecule has 0 spiro atoms. The number of aryl methyl sites for hydroxylation is 1. The summed E-state index contributed by atoms with van der Waals surface area (Å²) >= 11 is 1.57. The summed E-state index contributed by atoms with van der Waals surface area (Å²) in [5.41, 5.74) is 4.39. The Hall–Kier alpha value is -4.08. The third-order valence-electron chi connectivity index (χ3n) is 6.31. The van der Waals surface area contributed by atoms with Gasteiger partial charge in [0.25, 0.3) is 15.9 Å². The van der Waals surface area contributed by atoms with Gasteiger partial charge in [-0.1, -0.05) is 54.6 Å². The lowest BCUT2D eigenvalue weighted by molar-refractivity contribution is -0.128. The molecular formula is C30H27N3O4S2. The van der Waals surface area contributed by atoms with Crippen LogP contribution in [0.25, 0.3) is 0 Å². The minimum absolute atomic E-state index is 0.0926. The van der Waals surface area contributed by atoms with Crippen LogP contribution in [0.5, 0.6) is 0 Å². The summed E-state index contributed by atoms with van der Waals surface area (Å²) in [6, 6.07) is 30.2. The van der Waals surface area contributed by atoms with E-state index in [9.17, 15) is 18.0 Å². The Kier molecular flexibility index (Phi) is 7.72. The topological polar surface area (TPSA) is 95.6 Å². The molecule has 2 amide bonds. The van der Waals surface area contributed by atoms with Gasteiger partial charge in [-0.05, 0) is 72.1 Å². The highest BCUT2D eigenvalue weighted by Crippen LogP contribution is 2.39. The van der Waals surface area contributed by atoms with Crippen molar-refractivity contribution in [1.82, 2.24) is 4.90 Å². The second kappa shape index (κ2) is 11.3. The standard InChI is InChI=1S/C30H27N3O4S2/c1-21-6-5-9-26(18-21)32-39(36,37)27-16-14-25(15-17-27)31-29(35)23-10-12-24(13-11-23)30-33(28(34)20-38-30)19-22-7-3-2-4-8-22/h2-18,30,32H,19-20H2,1H3,(H,31,35)/t30-/m0/s1. The minimum Gasteiger partial charge on any atom is -0.322 e. The Labute approximate surface area is 232 Å². The molecule has 0 aliphatic carbocycles. The number of thioether (sulfide) groups is 1. The number of sulfonamides is 1. The van der Waals surface area contributed by atoms with Gasteiger partial charge in [-0.15, -0.1) is 11.8 Å². The third-order valence-corrected chi connectivity index (χ3v) is 8.97. The van der Waals surface area contributed by atoms with Gasteiger partial charge in [0.15, 0.2) is 0 Å². The monoisotopic (exact) mass is 557 g/mol. The Morgan fingerprint density at radius 2 is 1.62 bits per heavy atom. The molecule has 0 radical (unpaired) electrons. The van der Waals surface area contributed by atoms with Crippen LogP contribution in [0.3, 0.4) is 0 Å². The Morgan fingerprint density at radius 1 is 0.897 bits per heavy atom. The van der Waals surface area contributed by atoms with Gasteiger partial charge >= 0.3 is 0 Å². The molecule has 9 heteroatoms. The molecule has 4 aromatic carbocycles. The van der Waals surface area contributed by atoms with Gasteiger partial charge in [-0.3, -0.25) is 14.3 Å². The van der Waals surface area contributed by atoms with Crippen molar-refractivity contribution in [3.05, 3.63) is 125 Å². The molecule has 0 bridgehead atoms. The van der Waals surface area contributed by atoms with E-state index < -0.39 is 10.0 Å². The fourth-order valence-electron chi connectivity index (χ4n) is 4.32. The molecule has 1 fully saturated rings. The van der Waals surface area contributed by atoms with Crippen molar-refractivity contribution in [3.8, 4) is 0 Å². The SMILES string of the molecule is Cc1cccc(NS(=O)(=O)c2ccc(NC(=O)c3ccc([C@@H]4SCC(=O)N4Cc4ccccc4)cc3)cc2)c1. The first-order chi connectivity index (χ1) is 18.8. The number of carbonyl (C=O) groups is 2. The zero-order valence-electron chi connectivity index (χ0n) is 21.2. The molecule has 1 aliphatic heterocycles. The second-order valence-corrected chi connectivity index (χ2v) is 12.0. The van der Waals surface area contributed by atoms with E-state index in [-0.39, 0.29) is 22.1 Å². The maximum absolute atomic E-state index is 12.8. The molecule has 0 saturated carbocycles. The summed E-state index contributed by atoms with van der Waals surface area (Å²) < 4.78 is 28.0. The van der Waals surface area contributed by atoms with Gasteiger partial charge in [0.05, 0.1) is 10.6 Å². The average molecular weight is 558 g/mol. The van der Waals surface area contributed by atoms with Crippen molar-refractivity contribution >= 4 is 45.0 Å². The largest absolute Gasteiger partial charge is 0.322 e. The molecule has 2 N–H and O–H groups in total. The number of anilines is 2. The predicted octanol–water partition coefficient (Wildman–Crippen LogP) is 5.82. The maximum atomic E-state index is 12.8. The number of hydrogen-bond acceptors (Lipinski definition) is 5. The van der Waals surface area contributed by atoms with Crippen LogP contribution in [0.4, 0.5) is 11.4 Å². The lowest BCUT2D eigenvalue weighted by Crippen LogP contribution is -2.27. The highest BCUT2D eigenvalue weighted by Gasteiger charge is 2.32. The summed E-state index contributed by atoms with van der Waals surface area (Å²) in [4.78, 5) is 27.3.